The molecule has 0 spiro atoms. The van der Waals surface area contributed by atoms with E-state index in [1.165, 1.54) is 0 Å². The van der Waals surface area contributed by atoms with Crippen molar-refractivity contribution in [2.24, 2.45) is 0 Å². The molecular weight excluding hydrogens is 196 g/mol. The first-order valence-corrected chi connectivity index (χ1v) is 5.33. The molecule has 0 atom stereocenters. The van der Waals surface area contributed by atoms with E-state index in [9.17, 15) is 0 Å². The van der Waals surface area contributed by atoms with Crippen LogP contribution in [0.5, 0.6) is 0 Å². The molecule has 0 saturated heterocycles. The van der Waals surface area contributed by atoms with Crippen LogP contribution in [-0.2, 0) is 0 Å². The second kappa shape index (κ2) is 4.23. The molecule has 2 heterocycles. The number of nitrogens with zero attached hydrogens (tertiary/aromatic N) is 4. The summed E-state index contributed by atoms with van der Waals surface area (Å²) < 4.78 is 1.83. The van der Waals surface area contributed by atoms with E-state index < -0.39 is 0 Å². The van der Waals surface area contributed by atoms with Crippen LogP contribution in [0.25, 0.3) is 5.82 Å². The van der Waals surface area contributed by atoms with Gasteiger partial charge in [0.25, 0.3) is 0 Å². The highest BCUT2D eigenvalue weighted by Gasteiger charge is 1.98. The maximum atomic E-state index is 4.09. The molecule has 0 unspecified atom stereocenters. The summed E-state index contributed by atoms with van der Waals surface area (Å²) in [7, 11) is 0. The lowest BCUT2D eigenvalue weighted by Gasteiger charge is -2.00. The van der Waals surface area contributed by atoms with Crippen molar-refractivity contribution in [3.8, 4) is 5.82 Å². The third-order valence-electron chi connectivity index (χ3n) is 1.69. The van der Waals surface area contributed by atoms with E-state index >= 15 is 0 Å². The minimum atomic E-state index is 0.794. The summed E-state index contributed by atoms with van der Waals surface area (Å²) in [5.41, 5.74) is 0. The van der Waals surface area contributed by atoms with Crippen LogP contribution in [0.3, 0.4) is 0 Å². The van der Waals surface area contributed by atoms with Gasteiger partial charge >= 0.3 is 0 Å². The monoisotopic (exact) mass is 206 g/mol. The van der Waals surface area contributed by atoms with Crippen molar-refractivity contribution in [2.45, 2.75) is 11.9 Å². The van der Waals surface area contributed by atoms with Crippen molar-refractivity contribution < 1.29 is 0 Å². The molecule has 2 aromatic heterocycles. The molecule has 2 aromatic rings. The quantitative estimate of drug-likeness (QED) is 0.718. The van der Waals surface area contributed by atoms with Gasteiger partial charge in [-0.05, 0) is 17.9 Å². The standard InChI is InChI=1S/C9H10N4S/c1-2-14-9-4-3-8(11-12-9)13-6-5-10-7-13/h3-7H,2H2,1H3. The topological polar surface area (TPSA) is 43.6 Å². The highest BCUT2D eigenvalue weighted by atomic mass is 32.2. The van der Waals surface area contributed by atoms with Crippen LogP contribution in [0.1, 0.15) is 6.92 Å². The van der Waals surface area contributed by atoms with Gasteiger partial charge in [0.2, 0.25) is 0 Å². The van der Waals surface area contributed by atoms with Gasteiger partial charge < -0.3 is 0 Å². The average Bonchev–Trinajstić information content (AvgIpc) is 2.72. The molecular formula is C9H10N4S. The predicted molar refractivity (Wildman–Crippen MR) is 55.6 cm³/mol. The Balaban J connectivity index is 2.22. The lowest BCUT2D eigenvalue weighted by Crippen LogP contribution is -1.96. The molecule has 0 radical (unpaired) electrons. The zero-order chi connectivity index (χ0) is 9.80. The Morgan fingerprint density at radius 1 is 1.36 bits per heavy atom. The van der Waals surface area contributed by atoms with Crippen molar-refractivity contribution in [1.29, 1.82) is 0 Å². The van der Waals surface area contributed by atoms with Gasteiger partial charge in [-0.15, -0.1) is 22.0 Å². The zero-order valence-corrected chi connectivity index (χ0v) is 8.61. The van der Waals surface area contributed by atoms with Crippen LogP contribution < -0.4 is 0 Å². The summed E-state index contributed by atoms with van der Waals surface area (Å²) in [5.74, 6) is 1.81. The minimum absolute atomic E-state index is 0.794. The summed E-state index contributed by atoms with van der Waals surface area (Å²) in [5, 5.41) is 9.14. The first-order valence-electron chi connectivity index (χ1n) is 4.35. The Labute approximate surface area is 86.4 Å². The zero-order valence-electron chi connectivity index (χ0n) is 7.79. The molecule has 0 aromatic carbocycles. The number of thioether (sulfide) groups is 1. The average molecular weight is 206 g/mol. The Morgan fingerprint density at radius 2 is 2.29 bits per heavy atom. The first kappa shape index (κ1) is 9.21. The fraction of sp³-hybridized carbons (Fsp3) is 0.222. The van der Waals surface area contributed by atoms with Crippen LogP contribution in [-0.4, -0.2) is 25.5 Å². The maximum Gasteiger partial charge on any atom is 0.160 e. The molecule has 0 bridgehead atoms. The number of imidazole rings is 1. The summed E-state index contributed by atoms with van der Waals surface area (Å²) in [6.07, 6.45) is 5.27. The maximum absolute atomic E-state index is 4.09. The van der Waals surface area contributed by atoms with E-state index in [-0.39, 0.29) is 0 Å². The van der Waals surface area contributed by atoms with Gasteiger partial charge in [-0.1, -0.05) is 6.92 Å². The fourth-order valence-electron chi connectivity index (χ4n) is 1.07. The lowest BCUT2D eigenvalue weighted by molar-refractivity contribution is 0.861. The molecule has 0 saturated carbocycles. The molecule has 14 heavy (non-hydrogen) atoms. The number of rotatable bonds is 3. The van der Waals surface area contributed by atoms with E-state index in [0.717, 1.165) is 16.6 Å². The Morgan fingerprint density at radius 3 is 2.86 bits per heavy atom. The normalized spacial score (nSPS) is 10.4. The molecule has 5 heteroatoms. The summed E-state index contributed by atoms with van der Waals surface area (Å²) in [6.45, 7) is 2.09. The van der Waals surface area contributed by atoms with E-state index in [1.54, 1.807) is 24.3 Å². The molecule has 0 N–H and O–H groups in total. The van der Waals surface area contributed by atoms with Gasteiger partial charge in [-0.2, -0.15) is 0 Å². The third kappa shape index (κ3) is 1.93. The molecule has 72 valence electrons. The molecule has 0 fully saturated rings. The molecule has 0 aliphatic heterocycles. The van der Waals surface area contributed by atoms with E-state index in [2.05, 4.69) is 22.1 Å². The van der Waals surface area contributed by atoms with Gasteiger partial charge in [-0.3, -0.25) is 4.57 Å². The Hall–Kier alpha value is -1.36. The van der Waals surface area contributed by atoms with Gasteiger partial charge in [0.1, 0.15) is 11.4 Å². The van der Waals surface area contributed by atoms with Crippen molar-refractivity contribution in [3.63, 3.8) is 0 Å². The second-order valence-corrected chi connectivity index (χ2v) is 3.92. The van der Waals surface area contributed by atoms with Gasteiger partial charge in [0.05, 0.1) is 0 Å². The minimum Gasteiger partial charge on any atom is -0.289 e. The van der Waals surface area contributed by atoms with Gasteiger partial charge in [0, 0.05) is 12.4 Å². The van der Waals surface area contributed by atoms with Crippen LogP contribution >= 0.6 is 11.8 Å². The van der Waals surface area contributed by atoms with Gasteiger partial charge in [0.15, 0.2) is 5.82 Å². The van der Waals surface area contributed by atoms with Crippen molar-refractivity contribution in [1.82, 2.24) is 19.7 Å². The molecule has 2 rings (SSSR count). The SMILES string of the molecule is CCSc1ccc(-n2ccnc2)nn1. The smallest absolute Gasteiger partial charge is 0.160 e. The second-order valence-electron chi connectivity index (χ2n) is 2.63. The number of hydrogen-bond acceptors (Lipinski definition) is 4. The fourth-order valence-corrected chi connectivity index (χ4v) is 1.63. The van der Waals surface area contributed by atoms with Gasteiger partial charge in [-0.25, -0.2) is 4.98 Å². The largest absolute Gasteiger partial charge is 0.289 e. The molecule has 4 nitrogen and oxygen atoms in total. The Bertz CT molecular complexity index is 382. The van der Waals surface area contributed by atoms with Crippen LogP contribution in [0, 0.1) is 0 Å². The highest BCUT2D eigenvalue weighted by molar-refractivity contribution is 7.99. The van der Waals surface area contributed by atoms with Crippen molar-refractivity contribution in [2.75, 3.05) is 5.75 Å². The molecule has 0 amide bonds. The number of aromatic nitrogens is 4. The van der Waals surface area contributed by atoms with Crippen LogP contribution in [0.4, 0.5) is 0 Å². The van der Waals surface area contributed by atoms with Crippen molar-refractivity contribution >= 4 is 11.8 Å². The molecule has 0 aliphatic rings. The van der Waals surface area contributed by atoms with E-state index in [0.29, 0.717) is 0 Å². The van der Waals surface area contributed by atoms with Crippen LogP contribution in [0.2, 0.25) is 0 Å². The molecule has 0 aliphatic carbocycles. The summed E-state index contributed by atoms with van der Waals surface area (Å²) in [4.78, 5) is 3.95. The first-order chi connectivity index (χ1) is 6.90. The lowest BCUT2D eigenvalue weighted by atomic mass is 10.5. The third-order valence-corrected chi connectivity index (χ3v) is 2.49. The van der Waals surface area contributed by atoms with E-state index in [4.69, 9.17) is 0 Å². The van der Waals surface area contributed by atoms with E-state index in [1.807, 2.05) is 22.9 Å². The Kier molecular flexibility index (Phi) is 2.78. The van der Waals surface area contributed by atoms with Crippen LogP contribution in [0.15, 0.2) is 35.9 Å². The highest BCUT2D eigenvalue weighted by Crippen LogP contribution is 2.13. The predicted octanol–water partition coefficient (Wildman–Crippen LogP) is 1.77. The summed E-state index contributed by atoms with van der Waals surface area (Å²) in [6, 6.07) is 3.91. The summed E-state index contributed by atoms with van der Waals surface area (Å²) >= 11 is 1.68. The number of hydrogen-bond donors (Lipinski definition) is 0. The van der Waals surface area contributed by atoms with Crippen molar-refractivity contribution in [3.05, 3.63) is 30.9 Å².